The van der Waals surface area contributed by atoms with Gasteiger partial charge in [0.25, 0.3) is 0 Å². The predicted molar refractivity (Wildman–Crippen MR) is 71.1 cm³/mol. The Hall–Kier alpha value is -1.24. The van der Waals surface area contributed by atoms with Gasteiger partial charge in [-0.2, -0.15) is 4.73 Å². The lowest BCUT2D eigenvalue weighted by atomic mass is 10.1. The smallest absolute Gasteiger partial charge is 0.320 e. The molecule has 2 rings (SSSR count). The summed E-state index contributed by atoms with van der Waals surface area (Å²) in [5.41, 5.74) is 6.55. The molecule has 2 aromatic rings. The van der Waals surface area contributed by atoms with Gasteiger partial charge in [0.1, 0.15) is 11.6 Å². The summed E-state index contributed by atoms with van der Waals surface area (Å²) in [6, 6.07) is 2.35. The summed E-state index contributed by atoms with van der Waals surface area (Å²) in [6.07, 6.45) is 1.53. The maximum absolute atomic E-state index is 10.8. The number of carboxylic acids is 1. The van der Waals surface area contributed by atoms with E-state index in [1.165, 1.54) is 6.20 Å². The molecule has 1 aromatic heterocycles. The van der Waals surface area contributed by atoms with Gasteiger partial charge in [-0.25, -0.2) is 0 Å². The van der Waals surface area contributed by atoms with Gasteiger partial charge in [-0.3, -0.25) is 4.79 Å². The molecule has 0 saturated heterocycles. The number of aromatic nitrogens is 1. The summed E-state index contributed by atoms with van der Waals surface area (Å²) in [7, 11) is 0. The first-order valence-electron chi connectivity index (χ1n) is 5.07. The number of hydrogen-bond donors (Lipinski definition) is 3. The van der Waals surface area contributed by atoms with Crippen molar-refractivity contribution in [2.75, 3.05) is 0 Å². The van der Waals surface area contributed by atoms with Gasteiger partial charge in [0.2, 0.25) is 0 Å². The van der Waals surface area contributed by atoms with Crippen molar-refractivity contribution in [2.24, 2.45) is 5.73 Å². The third-order valence-electron chi connectivity index (χ3n) is 2.66. The largest absolute Gasteiger partial charge is 0.480 e. The fourth-order valence-electron chi connectivity index (χ4n) is 1.83. The Balaban J connectivity index is 2.59. The molecule has 1 aromatic carbocycles. The molecule has 18 heavy (non-hydrogen) atoms. The van der Waals surface area contributed by atoms with Gasteiger partial charge in [-0.05, 0) is 17.7 Å². The zero-order valence-electron chi connectivity index (χ0n) is 9.10. The van der Waals surface area contributed by atoms with Crippen molar-refractivity contribution < 1.29 is 15.1 Å². The minimum absolute atomic E-state index is 0.109. The van der Waals surface area contributed by atoms with E-state index in [2.05, 4.69) is 15.9 Å². The third kappa shape index (κ3) is 2.19. The zero-order valence-corrected chi connectivity index (χ0v) is 11.4. The third-order valence-corrected chi connectivity index (χ3v) is 3.63. The van der Waals surface area contributed by atoms with Crippen LogP contribution in [-0.2, 0) is 11.2 Å². The molecule has 0 aliphatic carbocycles. The van der Waals surface area contributed by atoms with Crippen molar-refractivity contribution in [1.82, 2.24) is 4.73 Å². The van der Waals surface area contributed by atoms with Crippen LogP contribution in [0.5, 0.6) is 0 Å². The number of benzene rings is 1. The first-order valence-corrected chi connectivity index (χ1v) is 6.24. The Morgan fingerprint density at radius 1 is 1.56 bits per heavy atom. The van der Waals surface area contributed by atoms with Crippen molar-refractivity contribution in [3.05, 3.63) is 33.4 Å². The van der Waals surface area contributed by atoms with Gasteiger partial charge in [0.05, 0.1) is 5.02 Å². The molecular formula is C11H10BrClN2O3. The second kappa shape index (κ2) is 4.79. The molecule has 0 saturated carbocycles. The molecule has 0 aliphatic rings. The Kier molecular flexibility index (Phi) is 3.52. The highest BCUT2D eigenvalue weighted by atomic mass is 79.9. The minimum Gasteiger partial charge on any atom is -0.480 e. The highest BCUT2D eigenvalue weighted by Crippen LogP contribution is 2.33. The van der Waals surface area contributed by atoms with Gasteiger partial charge in [0.15, 0.2) is 0 Å². The number of hydrogen-bond acceptors (Lipinski definition) is 3. The molecular weight excluding hydrogens is 323 g/mol. The Morgan fingerprint density at radius 2 is 2.22 bits per heavy atom. The van der Waals surface area contributed by atoms with E-state index in [-0.39, 0.29) is 6.42 Å². The molecule has 5 nitrogen and oxygen atoms in total. The Morgan fingerprint density at radius 3 is 2.83 bits per heavy atom. The zero-order chi connectivity index (χ0) is 13.4. The average molecular weight is 334 g/mol. The molecule has 7 heteroatoms. The highest BCUT2D eigenvalue weighted by Gasteiger charge is 2.19. The van der Waals surface area contributed by atoms with Gasteiger partial charge in [-0.1, -0.05) is 27.5 Å². The van der Waals surface area contributed by atoms with Crippen molar-refractivity contribution in [3.63, 3.8) is 0 Å². The first kappa shape index (κ1) is 13.2. The quantitative estimate of drug-likeness (QED) is 0.752. The normalized spacial score (nSPS) is 12.8. The number of aliphatic carboxylic acids is 1. The SMILES string of the molecule is NC(Cc1cn(O)c2c(Cl)ccc(Br)c12)C(=O)O. The summed E-state index contributed by atoms with van der Waals surface area (Å²) in [5, 5.41) is 19.6. The van der Waals surface area contributed by atoms with Crippen LogP contribution in [0.15, 0.2) is 22.8 Å². The summed E-state index contributed by atoms with van der Waals surface area (Å²) >= 11 is 9.35. The van der Waals surface area contributed by atoms with E-state index in [1.54, 1.807) is 12.1 Å². The van der Waals surface area contributed by atoms with Crippen LogP contribution in [0.2, 0.25) is 5.02 Å². The van der Waals surface area contributed by atoms with Crippen LogP contribution in [0.3, 0.4) is 0 Å². The van der Waals surface area contributed by atoms with Gasteiger partial charge in [-0.15, -0.1) is 0 Å². The number of carboxylic acid groups (broad SMARTS) is 1. The molecule has 0 radical (unpaired) electrons. The fraction of sp³-hybridized carbons (Fsp3) is 0.182. The fourth-order valence-corrected chi connectivity index (χ4v) is 2.64. The molecule has 0 amide bonds. The number of fused-ring (bicyclic) bond motifs is 1. The predicted octanol–water partition coefficient (Wildman–Crippen LogP) is 2.25. The van der Waals surface area contributed by atoms with Crippen LogP contribution in [0.1, 0.15) is 5.56 Å². The maximum atomic E-state index is 10.8. The molecule has 96 valence electrons. The highest BCUT2D eigenvalue weighted by molar-refractivity contribution is 9.10. The maximum Gasteiger partial charge on any atom is 0.320 e. The number of halogens is 2. The van der Waals surface area contributed by atoms with Crippen LogP contribution >= 0.6 is 27.5 Å². The van der Waals surface area contributed by atoms with Crippen molar-refractivity contribution in [1.29, 1.82) is 0 Å². The van der Waals surface area contributed by atoms with Crippen molar-refractivity contribution in [2.45, 2.75) is 12.5 Å². The van der Waals surface area contributed by atoms with Crippen molar-refractivity contribution in [3.8, 4) is 0 Å². The Labute approximate surface area is 116 Å². The van der Waals surface area contributed by atoms with Crippen LogP contribution in [0, 0.1) is 0 Å². The number of rotatable bonds is 3. The van der Waals surface area contributed by atoms with E-state index < -0.39 is 12.0 Å². The summed E-state index contributed by atoms with van der Waals surface area (Å²) in [6.45, 7) is 0. The number of nitrogens with zero attached hydrogens (tertiary/aromatic N) is 1. The lowest BCUT2D eigenvalue weighted by Crippen LogP contribution is -2.32. The van der Waals surface area contributed by atoms with Crippen LogP contribution < -0.4 is 5.73 Å². The molecule has 4 N–H and O–H groups in total. The summed E-state index contributed by atoms with van der Waals surface area (Å²) in [4.78, 5) is 10.8. The summed E-state index contributed by atoms with van der Waals surface area (Å²) < 4.78 is 1.61. The first-order chi connectivity index (χ1) is 8.41. The summed E-state index contributed by atoms with van der Waals surface area (Å²) in [5.74, 6) is -1.09. The van der Waals surface area contributed by atoms with E-state index in [9.17, 15) is 10.0 Å². The second-order valence-corrected chi connectivity index (χ2v) is 5.16. The molecule has 0 bridgehead atoms. The number of nitrogens with two attached hydrogens (primary N) is 1. The lowest BCUT2D eigenvalue weighted by molar-refractivity contribution is -0.138. The van der Waals surface area contributed by atoms with Gasteiger partial charge in [0, 0.05) is 22.5 Å². The second-order valence-electron chi connectivity index (χ2n) is 3.90. The van der Waals surface area contributed by atoms with E-state index in [0.29, 0.717) is 21.5 Å². The van der Waals surface area contributed by atoms with Crippen LogP contribution in [0.25, 0.3) is 10.9 Å². The standard InChI is InChI=1S/C11H10BrClN2O3/c12-6-1-2-7(13)10-9(6)5(4-15(10)18)3-8(14)11(16)17/h1-2,4,8,18H,3,14H2,(H,16,17). The monoisotopic (exact) mass is 332 g/mol. The van der Waals surface area contributed by atoms with E-state index in [1.807, 2.05) is 0 Å². The van der Waals surface area contributed by atoms with Crippen LogP contribution in [0.4, 0.5) is 0 Å². The van der Waals surface area contributed by atoms with Gasteiger partial charge < -0.3 is 16.0 Å². The Bertz CT molecular complexity index is 626. The molecule has 0 aliphatic heterocycles. The lowest BCUT2D eigenvalue weighted by Gasteiger charge is -2.05. The molecule has 1 heterocycles. The topological polar surface area (TPSA) is 88.5 Å². The van der Waals surface area contributed by atoms with Crippen molar-refractivity contribution >= 4 is 44.4 Å². The molecule has 1 unspecified atom stereocenters. The van der Waals surface area contributed by atoms with E-state index >= 15 is 0 Å². The minimum atomic E-state index is -1.09. The van der Waals surface area contributed by atoms with Crippen LogP contribution in [-0.4, -0.2) is 27.1 Å². The average Bonchev–Trinajstić information content (AvgIpc) is 2.62. The van der Waals surface area contributed by atoms with E-state index in [0.717, 1.165) is 9.20 Å². The molecule has 1 atom stereocenters. The van der Waals surface area contributed by atoms with E-state index in [4.69, 9.17) is 22.4 Å². The van der Waals surface area contributed by atoms with Gasteiger partial charge >= 0.3 is 5.97 Å². The number of carbonyl (C=O) groups is 1. The molecule has 0 fully saturated rings. The molecule has 0 spiro atoms.